The molecule has 1 saturated carbocycles. The van der Waals surface area contributed by atoms with Crippen LogP contribution in [0.1, 0.15) is 36.3 Å². The fraction of sp³-hybridized carbons (Fsp3) is 0.250. The van der Waals surface area contributed by atoms with Gasteiger partial charge in [0.05, 0.1) is 29.4 Å². The highest BCUT2D eigenvalue weighted by molar-refractivity contribution is 6.20. The standard InChI is InChI=1S/C24H18F2N4O2/c25-19-7-15(10-27)18(9-20(19)26)13-5-6-17-21(8-13)29-24(32)30(23(17)31)22-12-28-11-14-3-1-2-4-16(14)22/h1-4,7,9,11-13,17,21H,5-6,8H2,(H,29,32). The minimum absolute atomic E-state index is 0.0734. The number of nitrogens with one attached hydrogen (secondary N) is 1. The van der Waals surface area contributed by atoms with E-state index < -0.39 is 29.6 Å². The van der Waals surface area contributed by atoms with Crippen LogP contribution in [0.3, 0.4) is 0 Å². The molecule has 1 aliphatic carbocycles. The highest BCUT2D eigenvalue weighted by Gasteiger charge is 2.45. The van der Waals surface area contributed by atoms with Crippen LogP contribution in [0.5, 0.6) is 0 Å². The third-order valence-electron chi connectivity index (χ3n) is 6.44. The molecule has 1 aliphatic heterocycles. The van der Waals surface area contributed by atoms with Gasteiger partial charge in [0.15, 0.2) is 11.6 Å². The van der Waals surface area contributed by atoms with Crippen molar-refractivity contribution in [1.82, 2.24) is 10.3 Å². The lowest BCUT2D eigenvalue weighted by molar-refractivity contribution is -0.124. The van der Waals surface area contributed by atoms with Crippen LogP contribution < -0.4 is 10.2 Å². The van der Waals surface area contributed by atoms with E-state index in [1.54, 1.807) is 6.20 Å². The van der Waals surface area contributed by atoms with Crippen LogP contribution in [0.4, 0.5) is 19.3 Å². The minimum Gasteiger partial charge on any atom is -0.334 e. The van der Waals surface area contributed by atoms with Crippen molar-refractivity contribution in [2.75, 3.05) is 4.90 Å². The number of nitrogens with zero attached hydrogens (tertiary/aromatic N) is 3. The number of urea groups is 1. The number of amides is 3. The predicted octanol–water partition coefficient (Wildman–Crippen LogP) is 4.39. The quantitative estimate of drug-likeness (QED) is 0.651. The van der Waals surface area contributed by atoms with Crippen molar-refractivity contribution < 1.29 is 18.4 Å². The first-order valence-electron chi connectivity index (χ1n) is 10.3. The third kappa shape index (κ3) is 3.17. The summed E-state index contributed by atoms with van der Waals surface area (Å²) in [4.78, 5) is 31.7. The molecule has 3 unspecified atom stereocenters. The first-order chi connectivity index (χ1) is 15.5. The molecule has 0 bridgehead atoms. The van der Waals surface area contributed by atoms with Gasteiger partial charge in [0.25, 0.3) is 0 Å². The largest absolute Gasteiger partial charge is 0.334 e. The van der Waals surface area contributed by atoms with Crippen molar-refractivity contribution >= 4 is 28.4 Å². The second-order valence-corrected chi connectivity index (χ2v) is 8.19. The summed E-state index contributed by atoms with van der Waals surface area (Å²) >= 11 is 0. The molecule has 2 aromatic carbocycles. The zero-order valence-corrected chi connectivity index (χ0v) is 16.9. The first kappa shape index (κ1) is 20.1. The van der Waals surface area contributed by atoms with Crippen molar-refractivity contribution in [3.05, 3.63) is 71.6 Å². The summed E-state index contributed by atoms with van der Waals surface area (Å²) in [7, 11) is 0. The number of carbonyl (C=O) groups is 2. The summed E-state index contributed by atoms with van der Waals surface area (Å²) in [6, 6.07) is 10.3. The molecule has 3 amide bonds. The van der Waals surface area contributed by atoms with Gasteiger partial charge < -0.3 is 5.32 Å². The average molecular weight is 432 g/mol. The van der Waals surface area contributed by atoms with Crippen molar-refractivity contribution in [3.63, 3.8) is 0 Å². The lowest BCUT2D eigenvalue weighted by Gasteiger charge is -2.42. The summed E-state index contributed by atoms with van der Waals surface area (Å²) in [6.07, 6.45) is 4.51. The molecule has 160 valence electrons. The average Bonchev–Trinajstić information content (AvgIpc) is 2.80. The Morgan fingerprint density at radius 2 is 1.88 bits per heavy atom. The van der Waals surface area contributed by atoms with E-state index in [0.29, 0.717) is 30.5 Å². The van der Waals surface area contributed by atoms with Crippen LogP contribution >= 0.6 is 0 Å². The van der Waals surface area contributed by atoms with Gasteiger partial charge in [-0.2, -0.15) is 5.26 Å². The maximum atomic E-state index is 13.9. The molecular formula is C24H18F2N4O2. The van der Waals surface area contributed by atoms with Gasteiger partial charge >= 0.3 is 6.03 Å². The molecule has 2 aliphatic rings. The van der Waals surface area contributed by atoms with Gasteiger partial charge in [-0.3, -0.25) is 9.78 Å². The fourth-order valence-electron chi connectivity index (χ4n) is 4.90. The summed E-state index contributed by atoms with van der Waals surface area (Å²) in [6.45, 7) is 0. The van der Waals surface area contributed by atoms with E-state index in [-0.39, 0.29) is 17.4 Å². The molecular weight excluding hydrogens is 414 g/mol. The van der Waals surface area contributed by atoms with E-state index >= 15 is 0 Å². The molecule has 32 heavy (non-hydrogen) atoms. The number of aromatic nitrogens is 1. The zero-order valence-electron chi connectivity index (χ0n) is 16.9. The van der Waals surface area contributed by atoms with Gasteiger partial charge in [0.1, 0.15) is 0 Å². The van der Waals surface area contributed by atoms with E-state index in [1.165, 1.54) is 6.20 Å². The van der Waals surface area contributed by atoms with E-state index in [0.717, 1.165) is 27.8 Å². The van der Waals surface area contributed by atoms with Gasteiger partial charge in [-0.1, -0.05) is 24.3 Å². The summed E-state index contributed by atoms with van der Waals surface area (Å²) < 4.78 is 27.4. The zero-order chi connectivity index (χ0) is 22.4. The Labute approximate surface area is 182 Å². The predicted molar refractivity (Wildman–Crippen MR) is 113 cm³/mol. The lowest BCUT2D eigenvalue weighted by atomic mass is 9.73. The van der Waals surface area contributed by atoms with Crippen molar-refractivity contribution in [3.8, 4) is 6.07 Å². The van der Waals surface area contributed by atoms with Crippen LogP contribution in [-0.4, -0.2) is 23.0 Å². The Kier molecular flexibility index (Phi) is 4.82. The smallest absolute Gasteiger partial charge is 0.329 e. The maximum absolute atomic E-state index is 13.9. The topological polar surface area (TPSA) is 86.1 Å². The number of nitriles is 1. The Morgan fingerprint density at radius 1 is 1.09 bits per heavy atom. The number of hydrogen-bond donors (Lipinski definition) is 1. The molecule has 1 aromatic heterocycles. The highest BCUT2D eigenvalue weighted by atomic mass is 19.2. The van der Waals surface area contributed by atoms with Gasteiger partial charge in [0.2, 0.25) is 5.91 Å². The molecule has 0 spiro atoms. The number of hydrogen-bond acceptors (Lipinski definition) is 4. The van der Waals surface area contributed by atoms with Crippen LogP contribution in [0.2, 0.25) is 0 Å². The van der Waals surface area contributed by atoms with Crippen molar-refractivity contribution in [1.29, 1.82) is 5.26 Å². The molecule has 0 radical (unpaired) electrons. The van der Waals surface area contributed by atoms with Gasteiger partial charge in [0, 0.05) is 23.0 Å². The number of imide groups is 1. The van der Waals surface area contributed by atoms with Crippen LogP contribution in [-0.2, 0) is 4.79 Å². The highest BCUT2D eigenvalue weighted by Crippen LogP contribution is 2.41. The van der Waals surface area contributed by atoms with Crippen molar-refractivity contribution in [2.45, 2.75) is 31.2 Å². The van der Waals surface area contributed by atoms with E-state index in [2.05, 4.69) is 10.3 Å². The third-order valence-corrected chi connectivity index (χ3v) is 6.44. The first-order valence-corrected chi connectivity index (χ1v) is 10.3. The number of carbonyl (C=O) groups excluding carboxylic acids is 2. The Morgan fingerprint density at radius 3 is 2.69 bits per heavy atom. The Bertz CT molecular complexity index is 1300. The summed E-state index contributed by atoms with van der Waals surface area (Å²) in [5.41, 5.74) is 0.912. The number of anilines is 1. The number of pyridine rings is 1. The fourth-order valence-corrected chi connectivity index (χ4v) is 4.90. The van der Waals surface area contributed by atoms with Crippen molar-refractivity contribution in [2.24, 2.45) is 5.92 Å². The van der Waals surface area contributed by atoms with Gasteiger partial charge in [-0.05, 0) is 42.9 Å². The summed E-state index contributed by atoms with van der Waals surface area (Å²) in [5.74, 6) is -3.10. The SMILES string of the molecule is N#Cc1cc(F)c(F)cc1C1CCC2C(=O)N(c3cncc4ccccc34)C(=O)NC2C1. The second kappa shape index (κ2) is 7.68. The molecule has 2 fully saturated rings. The van der Waals surface area contributed by atoms with Crippen LogP contribution in [0.25, 0.3) is 10.8 Å². The molecule has 1 saturated heterocycles. The number of fused-ring (bicyclic) bond motifs is 2. The van der Waals surface area contributed by atoms with Crippen LogP contribution in [0.15, 0.2) is 48.8 Å². The van der Waals surface area contributed by atoms with Gasteiger partial charge in [-0.25, -0.2) is 18.5 Å². The Balaban J connectivity index is 1.44. The molecule has 8 heteroatoms. The maximum Gasteiger partial charge on any atom is 0.329 e. The molecule has 6 nitrogen and oxygen atoms in total. The second-order valence-electron chi connectivity index (χ2n) is 8.19. The van der Waals surface area contributed by atoms with E-state index in [9.17, 15) is 23.6 Å². The van der Waals surface area contributed by atoms with E-state index in [1.807, 2.05) is 30.3 Å². The van der Waals surface area contributed by atoms with Crippen LogP contribution in [0, 0.1) is 28.9 Å². The van der Waals surface area contributed by atoms with Gasteiger partial charge in [-0.15, -0.1) is 0 Å². The lowest BCUT2D eigenvalue weighted by Crippen LogP contribution is -2.61. The minimum atomic E-state index is -1.07. The number of benzene rings is 2. The Hall–Kier alpha value is -3.86. The molecule has 2 heterocycles. The van der Waals surface area contributed by atoms with E-state index in [4.69, 9.17) is 0 Å². The molecule has 3 aromatic rings. The molecule has 5 rings (SSSR count). The summed E-state index contributed by atoms with van der Waals surface area (Å²) in [5, 5.41) is 13.8. The normalized spacial score (nSPS) is 22.9. The molecule has 3 atom stereocenters. The number of rotatable bonds is 2. The molecule has 1 N–H and O–H groups in total. The number of halogens is 2. The monoisotopic (exact) mass is 432 g/mol.